The first-order chi connectivity index (χ1) is 8.74. The molecule has 3 rings (SSSR count). The monoisotopic (exact) mass is 238 g/mol. The van der Waals surface area contributed by atoms with Gasteiger partial charge in [0.2, 0.25) is 0 Å². The standard InChI is InChI=1S/C16H18N2/c1-11-6-7-13(10-17-11)15-4-3-5-16(12(15)2)18-14-8-9-14/h3-7,10,14,18H,8-9H2,1-2H3. The number of rotatable bonds is 3. The molecular weight excluding hydrogens is 220 g/mol. The van der Waals surface area contributed by atoms with Gasteiger partial charge in [0, 0.05) is 29.2 Å². The number of anilines is 1. The number of pyridine rings is 1. The molecule has 0 bridgehead atoms. The zero-order chi connectivity index (χ0) is 12.5. The van der Waals surface area contributed by atoms with Gasteiger partial charge in [0.05, 0.1) is 0 Å². The highest BCUT2D eigenvalue weighted by atomic mass is 15.0. The number of aromatic nitrogens is 1. The van der Waals surface area contributed by atoms with E-state index in [4.69, 9.17) is 0 Å². The second-order valence-electron chi connectivity index (χ2n) is 5.09. The van der Waals surface area contributed by atoms with E-state index in [1.807, 2.05) is 13.1 Å². The van der Waals surface area contributed by atoms with Crippen molar-refractivity contribution < 1.29 is 0 Å². The second kappa shape index (κ2) is 4.45. The van der Waals surface area contributed by atoms with Gasteiger partial charge in [-0.3, -0.25) is 4.98 Å². The van der Waals surface area contributed by atoms with E-state index in [0.29, 0.717) is 6.04 Å². The lowest BCUT2D eigenvalue weighted by atomic mass is 10.0. The smallest absolute Gasteiger partial charge is 0.0378 e. The van der Waals surface area contributed by atoms with Gasteiger partial charge in [-0.15, -0.1) is 0 Å². The molecule has 0 unspecified atom stereocenters. The minimum atomic E-state index is 0.690. The fraction of sp³-hybridized carbons (Fsp3) is 0.312. The molecule has 1 aromatic heterocycles. The Bertz CT molecular complexity index is 554. The Hall–Kier alpha value is -1.83. The van der Waals surface area contributed by atoms with Crippen LogP contribution in [0.4, 0.5) is 5.69 Å². The highest BCUT2D eigenvalue weighted by molar-refractivity contribution is 5.73. The van der Waals surface area contributed by atoms with Crippen LogP contribution in [0.1, 0.15) is 24.1 Å². The van der Waals surface area contributed by atoms with E-state index in [1.165, 1.54) is 35.2 Å². The van der Waals surface area contributed by atoms with Crippen molar-refractivity contribution in [2.75, 3.05) is 5.32 Å². The summed E-state index contributed by atoms with van der Waals surface area (Å²) in [4.78, 5) is 4.38. The molecule has 1 aromatic carbocycles. The van der Waals surface area contributed by atoms with Crippen LogP contribution in [-0.4, -0.2) is 11.0 Å². The molecule has 0 atom stereocenters. The zero-order valence-corrected chi connectivity index (χ0v) is 10.9. The molecule has 2 nitrogen and oxygen atoms in total. The first-order valence-corrected chi connectivity index (χ1v) is 6.53. The molecule has 18 heavy (non-hydrogen) atoms. The molecule has 1 fully saturated rings. The average molecular weight is 238 g/mol. The Balaban J connectivity index is 1.97. The molecule has 1 N–H and O–H groups in total. The van der Waals surface area contributed by atoms with E-state index in [0.717, 1.165) is 5.69 Å². The van der Waals surface area contributed by atoms with Crippen LogP contribution in [0.15, 0.2) is 36.5 Å². The first kappa shape index (κ1) is 11.3. The summed E-state index contributed by atoms with van der Waals surface area (Å²) in [5.74, 6) is 0. The topological polar surface area (TPSA) is 24.9 Å². The molecule has 0 spiro atoms. The van der Waals surface area contributed by atoms with Crippen LogP contribution in [0.3, 0.4) is 0 Å². The maximum Gasteiger partial charge on any atom is 0.0378 e. The van der Waals surface area contributed by atoms with E-state index in [1.54, 1.807) is 0 Å². The summed E-state index contributed by atoms with van der Waals surface area (Å²) >= 11 is 0. The van der Waals surface area contributed by atoms with Crippen LogP contribution in [-0.2, 0) is 0 Å². The van der Waals surface area contributed by atoms with Crippen LogP contribution in [0.5, 0.6) is 0 Å². The summed E-state index contributed by atoms with van der Waals surface area (Å²) < 4.78 is 0. The van der Waals surface area contributed by atoms with Gasteiger partial charge in [0.1, 0.15) is 0 Å². The van der Waals surface area contributed by atoms with Gasteiger partial charge in [-0.25, -0.2) is 0 Å². The minimum Gasteiger partial charge on any atom is -0.382 e. The fourth-order valence-corrected chi connectivity index (χ4v) is 2.18. The molecule has 2 heteroatoms. The molecule has 0 saturated heterocycles. The number of nitrogens with one attached hydrogen (secondary N) is 1. The number of benzene rings is 1. The molecule has 1 heterocycles. The van der Waals surface area contributed by atoms with Gasteiger partial charge in [0.15, 0.2) is 0 Å². The van der Waals surface area contributed by atoms with Crippen molar-refractivity contribution in [2.24, 2.45) is 0 Å². The summed E-state index contributed by atoms with van der Waals surface area (Å²) in [5.41, 5.74) is 6.10. The summed E-state index contributed by atoms with van der Waals surface area (Å²) in [6.07, 6.45) is 4.56. The van der Waals surface area contributed by atoms with Crippen molar-refractivity contribution in [3.63, 3.8) is 0 Å². The van der Waals surface area contributed by atoms with Gasteiger partial charge < -0.3 is 5.32 Å². The van der Waals surface area contributed by atoms with Crippen molar-refractivity contribution in [1.29, 1.82) is 0 Å². The Morgan fingerprint density at radius 1 is 1.11 bits per heavy atom. The quantitative estimate of drug-likeness (QED) is 0.876. The Kier molecular flexibility index (Phi) is 2.78. The number of aryl methyl sites for hydroxylation is 1. The molecule has 92 valence electrons. The second-order valence-corrected chi connectivity index (χ2v) is 5.09. The summed E-state index contributed by atoms with van der Waals surface area (Å²) in [6, 6.07) is 11.3. The van der Waals surface area contributed by atoms with Crippen LogP contribution in [0.2, 0.25) is 0 Å². The van der Waals surface area contributed by atoms with Gasteiger partial charge in [-0.1, -0.05) is 18.2 Å². The number of hydrogen-bond acceptors (Lipinski definition) is 2. The van der Waals surface area contributed by atoms with Crippen molar-refractivity contribution >= 4 is 5.69 Å². The Labute approximate surface area is 108 Å². The van der Waals surface area contributed by atoms with Gasteiger partial charge in [-0.05, 0) is 49.9 Å². The van der Waals surface area contributed by atoms with Gasteiger partial charge >= 0.3 is 0 Å². The molecule has 1 aliphatic carbocycles. The predicted molar refractivity (Wildman–Crippen MR) is 75.8 cm³/mol. The lowest BCUT2D eigenvalue weighted by Crippen LogP contribution is -2.03. The molecule has 2 aromatic rings. The molecular formula is C16H18N2. The largest absolute Gasteiger partial charge is 0.382 e. The van der Waals surface area contributed by atoms with Crippen molar-refractivity contribution in [3.8, 4) is 11.1 Å². The Morgan fingerprint density at radius 2 is 1.94 bits per heavy atom. The molecule has 0 radical (unpaired) electrons. The van der Waals surface area contributed by atoms with Crippen LogP contribution in [0, 0.1) is 13.8 Å². The third-order valence-corrected chi connectivity index (χ3v) is 3.49. The van der Waals surface area contributed by atoms with Crippen LogP contribution in [0.25, 0.3) is 11.1 Å². The number of nitrogens with zero attached hydrogens (tertiary/aromatic N) is 1. The first-order valence-electron chi connectivity index (χ1n) is 6.53. The molecule has 1 aliphatic rings. The van der Waals surface area contributed by atoms with E-state index in [9.17, 15) is 0 Å². The van der Waals surface area contributed by atoms with E-state index in [-0.39, 0.29) is 0 Å². The van der Waals surface area contributed by atoms with Crippen LogP contribution >= 0.6 is 0 Å². The average Bonchev–Trinajstić information content (AvgIpc) is 3.17. The number of hydrogen-bond donors (Lipinski definition) is 1. The van der Waals surface area contributed by atoms with E-state index in [2.05, 4.69) is 47.6 Å². The van der Waals surface area contributed by atoms with Crippen molar-refractivity contribution in [2.45, 2.75) is 32.7 Å². The van der Waals surface area contributed by atoms with Crippen molar-refractivity contribution in [3.05, 3.63) is 47.8 Å². The maximum absolute atomic E-state index is 4.38. The van der Waals surface area contributed by atoms with Gasteiger partial charge in [-0.2, -0.15) is 0 Å². The summed E-state index contributed by atoms with van der Waals surface area (Å²) in [7, 11) is 0. The Morgan fingerprint density at radius 3 is 2.61 bits per heavy atom. The zero-order valence-electron chi connectivity index (χ0n) is 10.9. The molecule has 0 amide bonds. The fourth-order valence-electron chi connectivity index (χ4n) is 2.18. The van der Waals surface area contributed by atoms with Crippen molar-refractivity contribution in [1.82, 2.24) is 4.98 Å². The highest BCUT2D eigenvalue weighted by Gasteiger charge is 2.21. The SMILES string of the molecule is Cc1ccc(-c2cccc(NC3CC3)c2C)cn1. The molecule has 0 aliphatic heterocycles. The lowest BCUT2D eigenvalue weighted by Gasteiger charge is -2.13. The third kappa shape index (κ3) is 2.23. The highest BCUT2D eigenvalue weighted by Crippen LogP contribution is 2.31. The lowest BCUT2D eigenvalue weighted by molar-refractivity contribution is 1.14. The minimum absolute atomic E-state index is 0.690. The summed E-state index contributed by atoms with van der Waals surface area (Å²) in [5, 5.41) is 3.59. The maximum atomic E-state index is 4.38. The van der Waals surface area contributed by atoms with Gasteiger partial charge in [0.25, 0.3) is 0 Å². The molecule has 1 saturated carbocycles. The van der Waals surface area contributed by atoms with E-state index >= 15 is 0 Å². The third-order valence-electron chi connectivity index (χ3n) is 3.49. The van der Waals surface area contributed by atoms with Crippen LogP contribution < -0.4 is 5.32 Å². The predicted octanol–water partition coefficient (Wildman–Crippen LogP) is 3.94. The normalized spacial score (nSPS) is 14.6. The summed E-state index contributed by atoms with van der Waals surface area (Å²) in [6.45, 7) is 4.20. The van der Waals surface area contributed by atoms with E-state index < -0.39 is 0 Å².